The molecule has 1 heterocycles. The molecule has 0 radical (unpaired) electrons. The van der Waals surface area contributed by atoms with Gasteiger partial charge >= 0.3 is 0 Å². The Bertz CT molecular complexity index is 932. The van der Waals surface area contributed by atoms with Crippen molar-refractivity contribution in [3.05, 3.63) is 90.0 Å². The number of tetrazole rings is 1. The van der Waals surface area contributed by atoms with Crippen molar-refractivity contribution in [2.75, 3.05) is 5.32 Å². The minimum absolute atomic E-state index is 0.573. The first-order valence-electron chi connectivity index (χ1n) is 8.11. The van der Waals surface area contributed by atoms with Gasteiger partial charge < -0.3 is 5.32 Å². The number of hydrogen-bond donors (Lipinski definition) is 2. The van der Waals surface area contributed by atoms with E-state index in [0.717, 1.165) is 23.4 Å². The fraction of sp³-hybridized carbons (Fsp3) is 0.0500. The molecule has 3 aromatic carbocycles. The van der Waals surface area contributed by atoms with Gasteiger partial charge in [-0.1, -0.05) is 54.6 Å². The van der Waals surface area contributed by atoms with Crippen molar-refractivity contribution >= 4 is 11.4 Å². The average molecular weight is 327 g/mol. The van der Waals surface area contributed by atoms with Crippen LogP contribution in [0.25, 0.3) is 11.4 Å². The molecule has 0 atom stereocenters. The summed E-state index contributed by atoms with van der Waals surface area (Å²) in [6, 6.07) is 26.9. The predicted molar refractivity (Wildman–Crippen MR) is 98.6 cm³/mol. The highest BCUT2D eigenvalue weighted by Crippen LogP contribution is 2.27. The molecular weight excluding hydrogens is 310 g/mol. The van der Waals surface area contributed by atoms with Gasteiger partial charge in [0.25, 0.3) is 0 Å². The van der Waals surface area contributed by atoms with Gasteiger partial charge in [0.15, 0.2) is 0 Å². The van der Waals surface area contributed by atoms with E-state index in [4.69, 9.17) is 0 Å². The maximum Gasteiger partial charge on any atom is 0.206 e. The average Bonchev–Trinajstić information content (AvgIpc) is 3.19. The van der Waals surface area contributed by atoms with E-state index in [1.165, 1.54) is 11.1 Å². The number of H-pyrrole nitrogens is 1. The van der Waals surface area contributed by atoms with Crippen LogP contribution in [0.3, 0.4) is 0 Å². The Labute approximate surface area is 145 Å². The minimum Gasteiger partial charge on any atom is -0.355 e. The van der Waals surface area contributed by atoms with Gasteiger partial charge in [-0.3, -0.25) is 0 Å². The Kier molecular flexibility index (Phi) is 4.20. The molecule has 25 heavy (non-hydrogen) atoms. The number of anilines is 2. The second kappa shape index (κ2) is 6.97. The number of hydrogen-bond acceptors (Lipinski definition) is 4. The van der Waals surface area contributed by atoms with Crippen molar-refractivity contribution in [1.82, 2.24) is 20.6 Å². The number of nitrogens with one attached hydrogen (secondary N) is 2. The van der Waals surface area contributed by atoms with Gasteiger partial charge in [0, 0.05) is 16.9 Å². The van der Waals surface area contributed by atoms with Crippen LogP contribution in [0.2, 0.25) is 0 Å². The molecule has 5 heteroatoms. The molecule has 0 aliphatic heterocycles. The second-order valence-corrected chi connectivity index (χ2v) is 5.77. The molecule has 4 rings (SSSR count). The zero-order valence-electron chi connectivity index (χ0n) is 13.6. The van der Waals surface area contributed by atoms with Crippen molar-refractivity contribution in [2.24, 2.45) is 0 Å². The van der Waals surface area contributed by atoms with Crippen LogP contribution in [-0.2, 0) is 6.42 Å². The molecule has 0 saturated carbocycles. The smallest absolute Gasteiger partial charge is 0.206 e. The molecule has 0 bridgehead atoms. The van der Waals surface area contributed by atoms with E-state index in [2.05, 4.69) is 74.5 Å². The summed E-state index contributed by atoms with van der Waals surface area (Å²) in [5, 5.41) is 17.7. The van der Waals surface area contributed by atoms with Crippen LogP contribution in [0.1, 0.15) is 11.1 Å². The molecule has 2 N–H and O–H groups in total. The molecule has 0 fully saturated rings. The molecule has 1 aromatic heterocycles. The van der Waals surface area contributed by atoms with Crippen LogP contribution in [0, 0.1) is 0 Å². The molecule has 5 nitrogen and oxygen atoms in total. The number of aromatic nitrogens is 4. The summed E-state index contributed by atoms with van der Waals surface area (Å²) in [6.07, 6.45) is 0.931. The Morgan fingerprint density at radius 3 is 2.24 bits per heavy atom. The summed E-state index contributed by atoms with van der Waals surface area (Å²) in [4.78, 5) is 0. The maximum absolute atomic E-state index is 4.06. The summed E-state index contributed by atoms with van der Waals surface area (Å²) >= 11 is 0. The topological polar surface area (TPSA) is 66.5 Å². The molecule has 0 amide bonds. The summed E-state index contributed by atoms with van der Waals surface area (Å²) in [5.41, 5.74) is 5.46. The third kappa shape index (κ3) is 3.55. The normalized spacial score (nSPS) is 10.6. The van der Waals surface area contributed by atoms with Crippen molar-refractivity contribution in [3.8, 4) is 11.4 Å². The van der Waals surface area contributed by atoms with Crippen LogP contribution in [0.5, 0.6) is 0 Å². The number of aromatic amines is 1. The van der Waals surface area contributed by atoms with Crippen LogP contribution >= 0.6 is 0 Å². The van der Waals surface area contributed by atoms with Gasteiger partial charge in [-0.05, 0) is 47.0 Å². The van der Waals surface area contributed by atoms with Gasteiger partial charge in [0.1, 0.15) is 0 Å². The maximum atomic E-state index is 4.06. The lowest BCUT2D eigenvalue weighted by molar-refractivity contribution is 0.881. The van der Waals surface area contributed by atoms with Crippen molar-refractivity contribution in [2.45, 2.75) is 6.42 Å². The third-order valence-corrected chi connectivity index (χ3v) is 4.00. The monoisotopic (exact) mass is 327 g/mol. The number of nitrogens with zero attached hydrogens (tertiary/aromatic N) is 3. The zero-order chi connectivity index (χ0) is 16.9. The van der Waals surface area contributed by atoms with Gasteiger partial charge in [0.2, 0.25) is 5.82 Å². The van der Waals surface area contributed by atoms with Gasteiger partial charge in [-0.2, -0.15) is 5.21 Å². The van der Waals surface area contributed by atoms with Crippen LogP contribution in [0.4, 0.5) is 11.4 Å². The molecule has 0 aliphatic rings. The highest BCUT2D eigenvalue weighted by atomic mass is 15.5. The van der Waals surface area contributed by atoms with Crippen molar-refractivity contribution < 1.29 is 0 Å². The van der Waals surface area contributed by atoms with Gasteiger partial charge in [0.05, 0.1) is 0 Å². The fourth-order valence-electron chi connectivity index (χ4n) is 2.76. The van der Waals surface area contributed by atoms with E-state index >= 15 is 0 Å². The molecule has 0 aliphatic carbocycles. The first kappa shape index (κ1) is 15.1. The summed E-state index contributed by atoms with van der Waals surface area (Å²) < 4.78 is 0. The third-order valence-electron chi connectivity index (χ3n) is 4.00. The first-order chi connectivity index (χ1) is 12.4. The Morgan fingerprint density at radius 2 is 1.48 bits per heavy atom. The number of para-hydroxylation sites is 1. The fourth-order valence-corrected chi connectivity index (χ4v) is 2.76. The van der Waals surface area contributed by atoms with Gasteiger partial charge in [-0.25, -0.2) is 0 Å². The van der Waals surface area contributed by atoms with E-state index in [9.17, 15) is 0 Å². The molecular formula is C20H17N5. The zero-order valence-corrected chi connectivity index (χ0v) is 13.6. The summed E-state index contributed by atoms with van der Waals surface area (Å²) in [7, 11) is 0. The largest absolute Gasteiger partial charge is 0.355 e. The molecule has 0 unspecified atom stereocenters. The van der Waals surface area contributed by atoms with E-state index in [0.29, 0.717) is 5.82 Å². The minimum atomic E-state index is 0.573. The summed E-state index contributed by atoms with van der Waals surface area (Å²) in [6.45, 7) is 0. The van der Waals surface area contributed by atoms with E-state index in [1.807, 2.05) is 30.3 Å². The molecule has 122 valence electrons. The van der Waals surface area contributed by atoms with Crippen LogP contribution in [-0.4, -0.2) is 20.6 Å². The Morgan fingerprint density at radius 1 is 0.760 bits per heavy atom. The van der Waals surface area contributed by atoms with E-state index in [1.54, 1.807) is 0 Å². The number of rotatable bonds is 5. The number of benzene rings is 3. The van der Waals surface area contributed by atoms with E-state index < -0.39 is 0 Å². The first-order valence-corrected chi connectivity index (χ1v) is 8.11. The van der Waals surface area contributed by atoms with Crippen molar-refractivity contribution in [1.29, 1.82) is 0 Å². The SMILES string of the molecule is c1ccc(Cc2ccc(Nc3ccccc3-c3nn[nH]n3)cc2)cc1. The van der Waals surface area contributed by atoms with Crippen LogP contribution < -0.4 is 5.32 Å². The quantitative estimate of drug-likeness (QED) is 0.576. The standard InChI is InChI=1S/C20H17N5/c1-2-6-15(7-3-1)14-16-10-12-17(13-11-16)21-19-9-5-4-8-18(19)20-22-24-25-23-20/h1-13,21H,14H2,(H,22,23,24,25). The lowest BCUT2D eigenvalue weighted by atomic mass is 10.0. The lowest BCUT2D eigenvalue weighted by Gasteiger charge is -2.10. The highest BCUT2D eigenvalue weighted by Gasteiger charge is 2.08. The van der Waals surface area contributed by atoms with Crippen molar-refractivity contribution in [3.63, 3.8) is 0 Å². The van der Waals surface area contributed by atoms with Gasteiger partial charge in [-0.15, -0.1) is 10.2 Å². The van der Waals surface area contributed by atoms with E-state index in [-0.39, 0.29) is 0 Å². The summed E-state index contributed by atoms with van der Waals surface area (Å²) in [5.74, 6) is 0.573. The molecule has 0 saturated heterocycles. The second-order valence-electron chi connectivity index (χ2n) is 5.77. The highest BCUT2D eigenvalue weighted by molar-refractivity contribution is 5.77. The Balaban J connectivity index is 1.52. The molecule has 4 aromatic rings. The Hall–Kier alpha value is -3.47. The molecule has 0 spiro atoms. The van der Waals surface area contributed by atoms with Crippen LogP contribution in [0.15, 0.2) is 78.9 Å². The lowest BCUT2D eigenvalue weighted by Crippen LogP contribution is -1.95. The predicted octanol–water partition coefficient (Wildman–Crippen LogP) is 4.20.